The summed E-state index contributed by atoms with van der Waals surface area (Å²) in [5.41, 5.74) is 0.572. The minimum atomic E-state index is 0.572. The Balaban J connectivity index is 2.64. The van der Waals surface area contributed by atoms with Crippen LogP contribution in [0.1, 0.15) is 10.4 Å². The van der Waals surface area contributed by atoms with E-state index in [1.807, 2.05) is 25.1 Å². The molecule has 3 nitrogen and oxygen atoms in total. The van der Waals surface area contributed by atoms with Crippen molar-refractivity contribution in [3.05, 3.63) is 28.2 Å². The Morgan fingerprint density at radius 2 is 2.20 bits per heavy atom. The quantitative estimate of drug-likeness (QED) is 0.770. The van der Waals surface area contributed by atoms with Gasteiger partial charge in [-0.2, -0.15) is 0 Å². The van der Waals surface area contributed by atoms with Crippen LogP contribution in [-0.4, -0.2) is 38.4 Å². The average molecular weight is 272 g/mol. The number of aldehydes is 1. The van der Waals surface area contributed by atoms with Crippen molar-refractivity contribution in [2.45, 2.75) is 0 Å². The molecule has 0 spiro atoms. The normalized spacial score (nSPS) is 10.4. The largest absolute Gasteiger partial charge is 0.492 e. The Labute approximate surface area is 98.2 Å². The van der Waals surface area contributed by atoms with Crippen molar-refractivity contribution in [2.24, 2.45) is 0 Å². The van der Waals surface area contributed by atoms with Crippen molar-refractivity contribution in [1.29, 1.82) is 0 Å². The molecule has 0 N–H and O–H groups in total. The van der Waals surface area contributed by atoms with Crippen molar-refractivity contribution in [1.82, 2.24) is 4.90 Å². The fourth-order valence-corrected chi connectivity index (χ4v) is 1.46. The Kier molecular flexibility index (Phi) is 4.78. The van der Waals surface area contributed by atoms with Gasteiger partial charge in [0.25, 0.3) is 0 Å². The summed E-state index contributed by atoms with van der Waals surface area (Å²) in [4.78, 5) is 12.8. The highest BCUT2D eigenvalue weighted by Gasteiger charge is 2.03. The van der Waals surface area contributed by atoms with Gasteiger partial charge < -0.3 is 9.64 Å². The van der Waals surface area contributed by atoms with Gasteiger partial charge in [0, 0.05) is 11.0 Å². The second kappa shape index (κ2) is 5.88. The van der Waals surface area contributed by atoms with E-state index >= 15 is 0 Å². The maximum absolute atomic E-state index is 10.8. The molecule has 0 aliphatic rings. The standard InChI is InChI=1S/C11H14BrNO2/c1-13(2)5-6-15-11-4-3-10(12)7-9(11)8-14/h3-4,7-8H,5-6H2,1-2H3. The van der Waals surface area contributed by atoms with Gasteiger partial charge in [0.15, 0.2) is 6.29 Å². The van der Waals surface area contributed by atoms with E-state index in [1.54, 1.807) is 12.1 Å². The van der Waals surface area contributed by atoms with E-state index in [1.165, 1.54) is 0 Å². The van der Waals surface area contributed by atoms with Gasteiger partial charge in [-0.3, -0.25) is 4.79 Å². The number of benzene rings is 1. The molecule has 0 saturated heterocycles. The molecule has 0 atom stereocenters. The highest BCUT2D eigenvalue weighted by molar-refractivity contribution is 9.10. The zero-order chi connectivity index (χ0) is 11.3. The second-order valence-corrected chi connectivity index (χ2v) is 4.37. The lowest BCUT2D eigenvalue weighted by atomic mass is 10.2. The Bertz CT molecular complexity index is 339. The predicted octanol–water partition coefficient (Wildman–Crippen LogP) is 2.20. The summed E-state index contributed by atoms with van der Waals surface area (Å²) in [5.74, 6) is 0.634. The van der Waals surface area contributed by atoms with Gasteiger partial charge in [-0.25, -0.2) is 0 Å². The monoisotopic (exact) mass is 271 g/mol. The third kappa shape index (κ3) is 4.01. The molecule has 0 unspecified atom stereocenters. The van der Waals surface area contributed by atoms with Crippen LogP contribution in [0.4, 0.5) is 0 Å². The maximum Gasteiger partial charge on any atom is 0.153 e. The Hall–Kier alpha value is -0.870. The number of likely N-dealkylation sites (N-methyl/N-ethyl adjacent to an activating group) is 1. The molecule has 0 radical (unpaired) electrons. The molecule has 4 heteroatoms. The van der Waals surface area contributed by atoms with Gasteiger partial charge in [-0.05, 0) is 32.3 Å². The van der Waals surface area contributed by atoms with Crippen LogP contribution in [0.15, 0.2) is 22.7 Å². The van der Waals surface area contributed by atoms with Crippen molar-refractivity contribution >= 4 is 22.2 Å². The van der Waals surface area contributed by atoms with Crippen LogP contribution < -0.4 is 4.74 Å². The van der Waals surface area contributed by atoms with Gasteiger partial charge in [-0.15, -0.1) is 0 Å². The first-order chi connectivity index (χ1) is 7.13. The zero-order valence-electron chi connectivity index (χ0n) is 8.87. The van der Waals surface area contributed by atoms with Crippen LogP contribution in [0.3, 0.4) is 0 Å². The Morgan fingerprint density at radius 1 is 1.47 bits per heavy atom. The van der Waals surface area contributed by atoms with Crippen LogP contribution >= 0.6 is 15.9 Å². The molecule has 0 aliphatic heterocycles. The number of hydrogen-bond acceptors (Lipinski definition) is 3. The van der Waals surface area contributed by atoms with Gasteiger partial charge in [0.05, 0.1) is 5.56 Å². The Morgan fingerprint density at radius 3 is 2.80 bits per heavy atom. The van der Waals surface area contributed by atoms with Crippen molar-refractivity contribution < 1.29 is 9.53 Å². The fourth-order valence-electron chi connectivity index (χ4n) is 1.08. The number of nitrogens with zero attached hydrogens (tertiary/aromatic N) is 1. The molecular formula is C11H14BrNO2. The van der Waals surface area contributed by atoms with E-state index in [9.17, 15) is 4.79 Å². The fraction of sp³-hybridized carbons (Fsp3) is 0.364. The van der Waals surface area contributed by atoms with Gasteiger partial charge in [0.2, 0.25) is 0 Å². The van der Waals surface area contributed by atoms with E-state index in [0.717, 1.165) is 17.3 Å². The maximum atomic E-state index is 10.8. The minimum Gasteiger partial charge on any atom is -0.492 e. The summed E-state index contributed by atoms with van der Waals surface area (Å²) in [6, 6.07) is 5.40. The highest BCUT2D eigenvalue weighted by Crippen LogP contribution is 2.21. The molecule has 15 heavy (non-hydrogen) atoms. The molecule has 1 rings (SSSR count). The summed E-state index contributed by atoms with van der Waals surface area (Å²) in [5, 5.41) is 0. The van der Waals surface area contributed by atoms with Crippen LogP contribution in [0.25, 0.3) is 0 Å². The first kappa shape index (κ1) is 12.2. The summed E-state index contributed by atoms with van der Waals surface area (Å²) >= 11 is 3.31. The van der Waals surface area contributed by atoms with Gasteiger partial charge >= 0.3 is 0 Å². The van der Waals surface area contributed by atoms with Crippen molar-refractivity contribution in [3.63, 3.8) is 0 Å². The lowest BCUT2D eigenvalue weighted by molar-refractivity contribution is 0.111. The number of rotatable bonds is 5. The van der Waals surface area contributed by atoms with E-state index in [0.29, 0.717) is 17.9 Å². The number of carbonyl (C=O) groups is 1. The molecule has 0 amide bonds. The molecule has 1 aromatic rings. The second-order valence-electron chi connectivity index (χ2n) is 3.45. The molecule has 0 aliphatic carbocycles. The van der Waals surface area contributed by atoms with Crippen LogP contribution in [0.2, 0.25) is 0 Å². The third-order valence-corrected chi connectivity index (χ3v) is 2.39. The third-order valence-electron chi connectivity index (χ3n) is 1.89. The van der Waals surface area contributed by atoms with Crippen molar-refractivity contribution in [2.75, 3.05) is 27.2 Å². The first-order valence-corrected chi connectivity index (χ1v) is 5.45. The molecular weight excluding hydrogens is 258 g/mol. The number of carbonyl (C=O) groups excluding carboxylic acids is 1. The summed E-state index contributed by atoms with van der Waals surface area (Å²) in [6.45, 7) is 1.41. The van der Waals surface area contributed by atoms with E-state index in [4.69, 9.17) is 4.74 Å². The molecule has 82 valence electrons. The summed E-state index contributed by atoms with van der Waals surface area (Å²) in [6.07, 6.45) is 0.801. The number of hydrogen-bond donors (Lipinski definition) is 0. The topological polar surface area (TPSA) is 29.5 Å². The average Bonchev–Trinajstić information content (AvgIpc) is 2.19. The molecule has 0 fully saturated rings. The van der Waals surface area contributed by atoms with Crippen LogP contribution in [0, 0.1) is 0 Å². The summed E-state index contributed by atoms with van der Waals surface area (Å²) in [7, 11) is 3.96. The smallest absolute Gasteiger partial charge is 0.153 e. The van der Waals surface area contributed by atoms with E-state index < -0.39 is 0 Å². The van der Waals surface area contributed by atoms with Crippen LogP contribution in [0.5, 0.6) is 5.75 Å². The van der Waals surface area contributed by atoms with E-state index in [-0.39, 0.29) is 0 Å². The SMILES string of the molecule is CN(C)CCOc1ccc(Br)cc1C=O. The van der Waals surface area contributed by atoms with Crippen molar-refractivity contribution in [3.8, 4) is 5.75 Å². The molecule has 0 bridgehead atoms. The van der Waals surface area contributed by atoms with E-state index in [2.05, 4.69) is 15.9 Å². The minimum absolute atomic E-state index is 0.572. The van der Waals surface area contributed by atoms with Crippen LogP contribution in [-0.2, 0) is 0 Å². The predicted molar refractivity (Wildman–Crippen MR) is 63.6 cm³/mol. The zero-order valence-corrected chi connectivity index (χ0v) is 10.5. The number of halogens is 1. The van der Waals surface area contributed by atoms with Gasteiger partial charge in [0.1, 0.15) is 12.4 Å². The highest BCUT2D eigenvalue weighted by atomic mass is 79.9. The lowest BCUT2D eigenvalue weighted by Gasteiger charge is -2.12. The molecule has 1 aromatic carbocycles. The molecule has 0 saturated carbocycles. The summed E-state index contributed by atoms with van der Waals surface area (Å²) < 4.78 is 6.38. The molecule has 0 heterocycles. The first-order valence-electron chi connectivity index (χ1n) is 4.65. The lowest BCUT2D eigenvalue weighted by Crippen LogP contribution is -2.19. The number of ether oxygens (including phenoxy) is 1. The molecule has 0 aromatic heterocycles. The van der Waals surface area contributed by atoms with Gasteiger partial charge in [-0.1, -0.05) is 15.9 Å².